The summed E-state index contributed by atoms with van der Waals surface area (Å²) in [4.78, 5) is 39.7. The van der Waals surface area contributed by atoms with E-state index in [-0.39, 0.29) is 11.2 Å². The third-order valence-corrected chi connectivity index (χ3v) is 5.05. The molecule has 1 aliphatic rings. The molecular formula is C22H19N3O4. The first kappa shape index (κ1) is 18.6. The number of hydrogen-bond acceptors (Lipinski definition) is 4. The summed E-state index contributed by atoms with van der Waals surface area (Å²) >= 11 is 0. The molecule has 2 N–H and O–H groups in total. The average molecular weight is 389 g/mol. The molecule has 7 heteroatoms. The molecule has 0 fully saturated rings. The van der Waals surface area contributed by atoms with E-state index >= 15 is 0 Å². The predicted molar refractivity (Wildman–Crippen MR) is 111 cm³/mol. The molecular weight excluding hydrogens is 370 g/mol. The molecule has 0 spiro atoms. The van der Waals surface area contributed by atoms with Gasteiger partial charge in [0.05, 0.1) is 10.9 Å². The Morgan fingerprint density at radius 2 is 1.97 bits per heavy atom. The number of aliphatic carboxylic acids is 1. The second-order valence-corrected chi connectivity index (χ2v) is 7.16. The van der Waals surface area contributed by atoms with Crippen LogP contribution in [0.15, 0.2) is 41.2 Å². The van der Waals surface area contributed by atoms with Crippen LogP contribution in [-0.2, 0) is 16.1 Å². The van der Waals surface area contributed by atoms with Gasteiger partial charge in [0, 0.05) is 12.2 Å². The Balaban J connectivity index is 1.80. The summed E-state index contributed by atoms with van der Waals surface area (Å²) in [6.45, 7) is 4.65. The van der Waals surface area contributed by atoms with E-state index in [1.807, 2.05) is 19.9 Å². The molecule has 0 saturated heterocycles. The van der Waals surface area contributed by atoms with Crippen molar-refractivity contribution in [2.24, 2.45) is 0 Å². The highest BCUT2D eigenvalue weighted by atomic mass is 16.4. The van der Waals surface area contributed by atoms with Crippen molar-refractivity contribution in [3.63, 3.8) is 0 Å². The summed E-state index contributed by atoms with van der Waals surface area (Å²) in [7, 11) is 0. The summed E-state index contributed by atoms with van der Waals surface area (Å²) in [6, 6.07) is 10.8. The lowest BCUT2D eigenvalue weighted by Crippen LogP contribution is -2.23. The van der Waals surface area contributed by atoms with Crippen molar-refractivity contribution in [1.82, 2.24) is 9.55 Å². The molecule has 1 amide bonds. The summed E-state index contributed by atoms with van der Waals surface area (Å²) in [6.07, 6.45) is 2.76. The number of carboxylic acids is 1. The van der Waals surface area contributed by atoms with E-state index < -0.39 is 11.9 Å². The van der Waals surface area contributed by atoms with Crippen LogP contribution in [0, 0.1) is 13.8 Å². The van der Waals surface area contributed by atoms with Gasteiger partial charge in [0.15, 0.2) is 0 Å². The van der Waals surface area contributed by atoms with E-state index in [0.717, 1.165) is 16.7 Å². The monoisotopic (exact) mass is 389 g/mol. The number of rotatable bonds is 2. The van der Waals surface area contributed by atoms with Crippen LogP contribution in [0.4, 0.5) is 5.69 Å². The summed E-state index contributed by atoms with van der Waals surface area (Å²) < 4.78 is 1.66. The number of nitrogens with one attached hydrogen (secondary N) is 1. The van der Waals surface area contributed by atoms with Crippen LogP contribution >= 0.6 is 0 Å². The summed E-state index contributed by atoms with van der Waals surface area (Å²) in [5.74, 6) is -2.12. The van der Waals surface area contributed by atoms with Crippen molar-refractivity contribution in [3.8, 4) is 0 Å². The van der Waals surface area contributed by atoms with Crippen molar-refractivity contribution >= 4 is 40.1 Å². The number of carboxylic acid groups (broad SMARTS) is 1. The zero-order valence-electron chi connectivity index (χ0n) is 16.0. The van der Waals surface area contributed by atoms with Crippen LogP contribution in [0.1, 0.15) is 28.9 Å². The topological polar surface area (TPSA) is 101 Å². The molecule has 0 saturated carbocycles. The number of fused-ring (bicyclic) bond motifs is 2. The second kappa shape index (κ2) is 7.01. The lowest BCUT2D eigenvalue weighted by molar-refractivity contribution is -0.147. The smallest absolute Gasteiger partial charge is 0.394 e. The van der Waals surface area contributed by atoms with Gasteiger partial charge in [-0.1, -0.05) is 23.8 Å². The number of nitrogens with zero attached hydrogens (tertiary/aromatic N) is 2. The first-order valence-corrected chi connectivity index (χ1v) is 9.20. The van der Waals surface area contributed by atoms with Gasteiger partial charge in [0.25, 0.3) is 5.56 Å². The van der Waals surface area contributed by atoms with E-state index in [1.165, 1.54) is 17.7 Å². The summed E-state index contributed by atoms with van der Waals surface area (Å²) in [5, 5.41) is 11.5. The molecule has 2 heterocycles. The molecule has 0 bridgehead atoms. The third kappa shape index (κ3) is 3.42. The number of carbonyl (C=O) groups is 2. The Labute approximate surface area is 166 Å². The normalized spacial score (nSPS) is 14.2. The van der Waals surface area contributed by atoms with Crippen LogP contribution in [0.25, 0.3) is 22.6 Å². The largest absolute Gasteiger partial charge is 0.474 e. The maximum Gasteiger partial charge on any atom is 0.394 e. The Morgan fingerprint density at radius 3 is 2.69 bits per heavy atom. The SMILES string of the molecule is Cc1ccc(/C=C2\CCn3c2nc2cc(NC(=O)C(=O)O)ccc2c3=O)c(C)c1. The van der Waals surface area contributed by atoms with E-state index in [9.17, 15) is 14.4 Å². The number of aryl methyl sites for hydroxylation is 2. The minimum atomic E-state index is -1.58. The number of amides is 1. The molecule has 1 aromatic heterocycles. The zero-order valence-corrected chi connectivity index (χ0v) is 16.0. The number of aromatic nitrogens is 2. The zero-order chi connectivity index (χ0) is 20.7. The maximum absolute atomic E-state index is 12.9. The van der Waals surface area contributed by atoms with Gasteiger partial charge in [0.2, 0.25) is 0 Å². The van der Waals surface area contributed by atoms with E-state index in [0.29, 0.717) is 29.7 Å². The van der Waals surface area contributed by atoms with Crippen LogP contribution < -0.4 is 10.9 Å². The third-order valence-electron chi connectivity index (χ3n) is 5.05. The fraction of sp³-hybridized carbons (Fsp3) is 0.182. The molecule has 2 aromatic carbocycles. The molecule has 0 radical (unpaired) electrons. The quantitative estimate of drug-likeness (QED) is 0.656. The molecule has 0 unspecified atom stereocenters. The Morgan fingerprint density at radius 1 is 1.17 bits per heavy atom. The highest BCUT2D eigenvalue weighted by Gasteiger charge is 2.21. The molecule has 4 rings (SSSR count). The minimum absolute atomic E-state index is 0.148. The highest BCUT2D eigenvalue weighted by molar-refractivity contribution is 6.36. The number of allylic oxidation sites excluding steroid dienone is 1. The molecule has 0 atom stereocenters. The van der Waals surface area contributed by atoms with Gasteiger partial charge in [-0.3, -0.25) is 14.2 Å². The highest BCUT2D eigenvalue weighted by Crippen LogP contribution is 2.29. The molecule has 146 valence electrons. The van der Waals surface area contributed by atoms with Crippen LogP contribution in [0.3, 0.4) is 0 Å². The Kier molecular flexibility index (Phi) is 4.50. The number of carbonyl (C=O) groups excluding carboxylic acids is 1. The first-order valence-electron chi connectivity index (χ1n) is 9.20. The van der Waals surface area contributed by atoms with Crippen molar-refractivity contribution in [2.75, 3.05) is 5.32 Å². The van der Waals surface area contributed by atoms with Crippen LogP contribution in [-0.4, -0.2) is 26.5 Å². The Hall–Kier alpha value is -3.74. The molecule has 7 nitrogen and oxygen atoms in total. The van der Waals surface area contributed by atoms with Gasteiger partial charge >= 0.3 is 11.9 Å². The van der Waals surface area contributed by atoms with Crippen molar-refractivity contribution in [1.29, 1.82) is 0 Å². The van der Waals surface area contributed by atoms with Crippen LogP contribution in [0.5, 0.6) is 0 Å². The average Bonchev–Trinajstić information content (AvgIpc) is 3.07. The number of hydrogen-bond donors (Lipinski definition) is 2. The van der Waals surface area contributed by atoms with E-state index in [4.69, 9.17) is 5.11 Å². The summed E-state index contributed by atoms with van der Waals surface area (Å²) in [5.41, 5.74) is 4.93. The molecule has 29 heavy (non-hydrogen) atoms. The van der Waals surface area contributed by atoms with E-state index in [1.54, 1.807) is 10.6 Å². The van der Waals surface area contributed by atoms with Gasteiger partial charge in [-0.2, -0.15) is 0 Å². The number of anilines is 1. The number of benzene rings is 2. The molecule has 0 aliphatic carbocycles. The van der Waals surface area contributed by atoms with Crippen molar-refractivity contribution in [3.05, 3.63) is 69.3 Å². The molecule has 1 aliphatic heterocycles. The standard InChI is InChI=1S/C22H19N3O4/c1-12-3-4-14(13(2)9-12)10-15-7-8-25-19(15)24-18-11-16(23-20(26)22(28)29)5-6-17(18)21(25)27/h3-6,9-11H,7-8H2,1-2H3,(H,23,26)(H,28,29)/b15-10+. The maximum atomic E-state index is 12.9. The first-order chi connectivity index (χ1) is 13.8. The molecule has 3 aromatic rings. The lowest BCUT2D eigenvalue weighted by Gasteiger charge is -2.08. The van der Waals surface area contributed by atoms with Crippen LogP contribution in [0.2, 0.25) is 0 Å². The second-order valence-electron chi connectivity index (χ2n) is 7.16. The van der Waals surface area contributed by atoms with Gasteiger partial charge in [0.1, 0.15) is 5.82 Å². The lowest BCUT2D eigenvalue weighted by atomic mass is 10.0. The van der Waals surface area contributed by atoms with Gasteiger partial charge in [-0.15, -0.1) is 0 Å². The predicted octanol–water partition coefficient (Wildman–Crippen LogP) is 2.98. The Bertz CT molecular complexity index is 1270. The fourth-order valence-electron chi connectivity index (χ4n) is 3.59. The van der Waals surface area contributed by atoms with Gasteiger partial charge in [-0.25, -0.2) is 9.78 Å². The van der Waals surface area contributed by atoms with Gasteiger partial charge in [-0.05, 0) is 61.2 Å². The van der Waals surface area contributed by atoms with Crippen molar-refractivity contribution < 1.29 is 14.7 Å². The van der Waals surface area contributed by atoms with Crippen molar-refractivity contribution in [2.45, 2.75) is 26.8 Å². The fourth-order valence-corrected chi connectivity index (χ4v) is 3.59. The minimum Gasteiger partial charge on any atom is -0.474 e. The van der Waals surface area contributed by atoms with E-state index in [2.05, 4.69) is 28.5 Å². The van der Waals surface area contributed by atoms with Gasteiger partial charge < -0.3 is 10.4 Å².